The zero-order chi connectivity index (χ0) is 12.3. The quantitative estimate of drug-likeness (QED) is 0.867. The van der Waals surface area contributed by atoms with Crippen molar-refractivity contribution in [3.63, 3.8) is 0 Å². The summed E-state index contributed by atoms with van der Waals surface area (Å²) >= 11 is 0. The Morgan fingerprint density at radius 3 is 2.82 bits per heavy atom. The van der Waals surface area contributed by atoms with Crippen LogP contribution in [0.4, 0.5) is 0 Å². The van der Waals surface area contributed by atoms with Crippen LogP contribution in [-0.4, -0.2) is 31.6 Å². The molecule has 2 heteroatoms. The SMILES string of the molecule is Cc1ccccc1C(CN)C1CCCN(C)C1. The fourth-order valence-electron chi connectivity index (χ4n) is 3.11. The van der Waals surface area contributed by atoms with Crippen molar-refractivity contribution >= 4 is 0 Å². The number of hydrogen-bond acceptors (Lipinski definition) is 2. The fraction of sp³-hybridized carbons (Fsp3) is 0.600. The molecule has 2 N–H and O–H groups in total. The third kappa shape index (κ3) is 2.88. The number of rotatable bonds is 3. The molecular formula is C15H24N2. The number of nitrogens with two attached hydrogens (primary N) is 1. The van der Waals surface area contributed by atoms with Crippen LogP contribution in [0.5, 0.6) is 0 Å². The van der Waals surface area contributed by atoms with Gasteiger partial charge in [-0.2, -0.15) is 0 Å². The second kappa shape index (κ2) is 5.65. The Morgan fingerprint density at radius 1 is 1.41 bits per heavy atom. The molecule has 0 spiro atoms. The Balaban J connectivity index is 2.18. The van der Waals surface area contributed by atoms with Gasteiger partial charge in [-0.3, -0.25) is 0 Å². The molecule has 1 aliphatic rings. The van der Waals surface area contributed by atoms with Gasteiger partial charge in [0.2, 0.25) is 0 Å². The summed E-state index contributed by atoms with van der Waals surface area (Å²) in [5.41, 5.74) is 8.87. The minimum atomic E-state index is 0.527. The molecule has 0 aromatic heterocycles. The molecular weight excluding hydrogens is 208 g/mol. The Hall–Kier alpha value is -0.860. The molecule has 17 heavy (non-hydrogen) atoms. The fourth-order valence-corrected chi connectivity index (χ4v) is 3.11. The van der Waals surface area contributed by atoms with Crippen molar-refractivity contribution < 1.29 is 0 Å². The molecule has 0 aliphatic carbocycles. The summed E-state index contributed by atoms with van der Waals surface area (Å²) in [6.45, 7) is 5.39. The van der Waals surface area contributed by atoms with Crippen LogP contribution >= 0.6 is 0 Å². The lowest BCUT2D eigenvalue weighted by Gasteiger charge is -2.35. The lowest BCUT2D eigenvalue weighted by atomic mass is 9.79. The first-order valence-electron chi connectivity index (χ1n) is 6.66. The van der Waals surface area contributed by atoms with E-state index in [1.165, 1.54) is 37.1 Å². The van der Waals surface area contributed by atoms with Crippen LogP contribution in [0.25, 0.3) is 0 Å². The number of benzene rings is 1. The number of nitrogens with zero attached hydrogens (tertiary/aromatic N) is 1. The van der Waals surface area contributed by atoms with E-state index in [-0.39, 0.29) is 0 Å². The minimum Gasteiger partial charge on any atom is -0.330 e. The van der Waals surface area contributed by atoms with Crippen LogP contribution in [0.2, 0.25) is 0 Å². The predicted molar refractivity (Wildman–Crippen MR) is 73.2 cm³/mol. The molecule has 0 amide bonds. The second-order valence-corrected chi connectivity index (χ2v) is 5.36. The van der Waals surface area contributed by atoms with Crippen LogP contribution < -0.4 is 5.73 Å². The van der Waals surface area contributed by atoms with Crippen molar-refractivity contribution in [3.05, 3.63) is 35.4 Å². The zero-order valence-electron chi connectivity index (χ0n) is 11.0. The lowest BCUT2D eigenvalue weighted by Crippen LogP contribution is -2.37. The number of piperidine rings is 1. The molecule has 1 saturated heterocycles. The lowest BCUT2D eigenvalue weighted by molar-refractivity contribution is 0.188. The highest BCUT2D eigenvalue weighted by molar-refractivity contribution is 5.30. The standard InChI is InChI=1S/C15H24N2/c1-12-6-3-4-8-14(12)15(10-16)13-7-5-9-17(2)11-13/h3-4,6,8,13,15H,5,7,9-11,16H2,1-2H3. The zero-order valence-corrected chi connectivity index (χ0v) is 11.0. The third-order valence-corrected chi connectivity index (χ3v) is 4.07. The van der Waals surface area contributed by atoms with Crippen molar-refractivity contribution in [1.29, 1.82) is 0 Å². The highest BCUT2D eigenvalue weighted by Gasteiger charge is 2.26. The summed E-state index contributed by atoms with van der Waals surface area (Å²) in [7, 11) is 2.22. The van der Waals surface area contributed by atoms with E-state index in [1.54, 1.807) is 0 Å². The van der Waals surface area contributed by atoms with Crippen molar-refractivity contribution in [2.24, 2.45) is 11.7 Å². The Bertz CT molecular complexity index is 362. The molecule has 94 valence electrons. The summed E-state index contributed by atoms with van der Waals surface area (Å²) in [5.74, 6) is 1.25. The van der Waals surface area contributed by atoms with Crippen molar-refractivity contribution in [2.45, 2.75) is 25.7 Å². The van der Waals surface area contributed by atoms with Gasteiger partial charge in [0.15, 0.2) is 0 Å². The molecule has 1 heterocycles. The molecule has 2 nitrogen and oxygen atoms in total. The molecule has 1 aromatic carbocycles. The molecule has 0 saturated carbocycles. The topological polar surface area (TPSA) is 29.3 Å². The smallest absolute Gasteiger partial charge is 0.00129 e. The first-order valence-corrected chi connectivity index (χ1v) is 6.66. The van der Waals surface area contributed by atoms with Crippen LogP contribution in [0.1, 0.15) is 29.9 Å². The first kappa shape index (κ1) is 12.6. The Kier molecular flexibility index (Phi) is 4.19. The van der Waals surface area contributed by atoms with E-state index in [4.69, 9.17) is 5.73 Å². The summed E-state index contributed by atoms with van der Waals surface area (Å²) < 4.78 is 0. The van der Waals surface area contributed by atoms with Gasteiger partial charge in [0.05, 0.1) is 0 Å². The van der Waals surface area contributed by atoms with Gasteiger partial charge >= 0.3 is 0 Å². The molecule has 1 aliphatic heterocycles. The van der Waals surface area contributed by atoms with E-state index in [2.05, 4.69) is 43.1 Å². The maximum atomic E-state index is 6.03. The van der Waals surface area contributed by atoms with Gasteiger partial charge in [0, 0.05) is 12.5 Å². The molecule has 2 atom stereocenters. The number of hydrogen-bond donors (Lipinski definition) is 1. The molecule has 0 bridgehead atoms. The number of aryl methyl sites for hydroxylation is 1. The van der Waals surface area contributed by atoms with E-state index in [0.29, 0.717) is 5.92 Å². The van der Waals surface area contributed by atoms with Crippen molar-refractivity contribution in [2.75, 3.05) is 26.7 Å². The summed E-state index contributed by atoms with van der Waals surface area (Å²) in [6, 6.07) is 8.70. The van der Waals surface area contributed by atoms with Crippen LogP contribution in [0, 0.1) is 12.8 Å². The molecule has 1 fully saturated rings. The predicted octanol–water partition coefficient (Wildman–Crippen LogP) is 2.38. The average molecular weight is 232 g/mol. The van der Waals surface area contributed by atoms with E-state index in [1.807, 2.05) is 0 Å². The Morgan fingerprint density at radius 2 is 2.18 bits per heavy atom. The van der Waals surface area contributed by atoms with E-state index in [9.17, 15) is 0 Å². The van der Waals surface area contributed by atoms with Crippen molar-refractivity contribution in [3.8, 4) is 0 Å². The maximum absolute atomic E-state index is 6.03. The van der Waals surface area contributed by atoms with E-state index >= 15 is 0 Å². The number of likely N-dealkylation sites (tertiary alicyclic amines) is 1. The van der Waals surface area contributed by atoms with Gasteiger partial charge in [-0.1, -0.05) is 24.3 Å². The molecule has 1 aromatic rings. The summed E-state index contributed by atoms with van der Waals surface area (Å²) in [4.78, 5) is 2.44. The highest BCUT2D eigenvalue weighted by Crippen LogP contribution is 2.32. The minimum absolute atomic E-state index is 0.527. The van der Waals surface area contributed by atoms with Crippen LogP contribution in [0.3, 0.4) is 0 Å². The maximum Gasteiger partial charge on any atom is 0.00129 e. The molecule has 2 unspecified atom stereocenters. The van der Waals surface area contributed by atoms with E-state index < -0.39 is 0 Å². The first-order chi connectivity index (χ1) is 8.22. The summed E-state index contributed by atoms with van der Waals surface area (Å²) in [5, 5.41) is 0. The molecule has 0 radical (unpaired) electrons. The average Bonchev–Trinajstić information content (AvgIpc) is 2.33. The van der Waals surface area contributed by atoms with Crippen molar-refractivity contribution in [1.82, 2.24) is 4.90 Å². The molecule has 2 rings (SSSR count). The van der Waals surface area contributed by atoms with Gasteiger partial charge in [0.1, 0.15) is 0 Å². The second-order valence-electron chi connectivity index (χ2n) is 5.36. The largest absolute Gasteiger partial charge is 0.330 e. The van der Waals surface area contributed by atoms with Gasteiger partial charge in [0.25, 0.3) is 0 Å². The van der Waals surface area contributed by atoms with Gasteiger partial charge in [-0.15, -0.1) is 0 Å². The van der Waals surface area contributed by atoms with Crippen LogP contribution in [0.15, 0.2) is 24.3 Å². The Labute approximate surface area is 105 Å². The van der Waals surface area contributed by atoms with E-state index in [0.717, 1.165) is 12.5 Å². The van der Waals surface area contributed by atoms with Crippen LogP contribution in [-0.2, 0) is 0 Å². The normalized spacial score (nSPS) is 23.6. The van der Waals surface area contributed by atoms with Gasteiger partial charge in [-0.05, 0) is 56.9 Å². The van der Waals surface area contributed by atoms with Gasteiger partial charge < -0.3 is 10.6 Å². The van der Waals surface area contributed by atoms with Gasteiger partial charge in [-0.25, -0.2) is 0 Å². The highest BCUT2D eigenvalue weighted by atomic mass is 15.1. The monoisotopic (exact) mass is 232 g/mol. The third-order valence-electron chi connectivity index (χ3n) is 4.07. The summed E-state index contributed by atoms with van der Waals surface area (Å²) in [6.07, 6.45) is 2.63.